The van der Waals surface area contributed by atoms with Crippen LogP contribution in [-0.4, -0.2) is 25.9 Å². The van der Waals surface area contributed by atoms with E-state index < -0.39 is 0 Å². The Kier molecular flexibility index (Phi) is 14.9. The largest absolute Gasteiger partial charge is 0.497 e. The topological polar surface area (TPSA) is 27.7 Å². The monoisotopic (exact) mass is 400 g/mol. The van der Waals surface area contributed by atoms with Crippen molar-refractivity contribution in [1.82, 2.24) is 0 Å². The predicted octanol–water partition coefficient (Wildman–Crippen LogP) is 6.63. The van der Waals surface area contributed by atoms with Crippen molar-refractivity contribution in [3.05, 3.63) is 71.2 Å². The summed E-state index contributed by atoms with van der Waals surface area (Å²) >= 11 is 12.0. The van der Waals surface area contributed by atoms with E-state index in [4.69, 9.17) is 37.4 Å². The minimum atomic E-state index is -0.237. The number of allylic oxidation sites excluding steroid dienone is 6. The van der Waals surface area contributed by atoms with E-state index in [1.807, 2.05) is 32.1 Å². The van der Waals surface area contributed by atoms with E-state index in [-0.39, 0.29) is 12.7 Å². The van der Waals surface area contributed by atoms with Gasteiger partial charge < -0.3 is 14.2 Å². The van der Waals surface area contributed by atoms with E-state index in [9.17, 15) is 0 Å². The highest BCUT2D eigenvalue weighted by Crippen LogP contribution is 2.21. The predicted molar refractivity (Wildman–Crippen MR) is 112 cm³/mol. The highest BCUT2D eigenvalue weighted by Gasteiger charge is 2.12. The average Bonchev–Trinajstić information content (AvgIpc) is 2.65. The molecule has 0 aliphatic carbocycles. The van der Waals surface area contributed by atoms with E-state index >= 15 is 0 Å². The summed E-state index contributed by atoms with van der Waals surface area (Å²) in [6.45, 7) is 14.4. The molecule has 1 unspecified atom stereocenters. The van der Waals surface area contributed by atoms with Gasteiger partial charge in [0, 0.05) is 15.6 Å². The zero-order valence-electron chi connectivity index (χ0n) is 16.0. The molecule has 0 saturated carbocycles. The van der Waals surface area contributed by atoms with E-state index in [2.05, 4.69) is 20.1 Å². The van der Waals surface area contributed by atoms with Crippen molar-refractivity contribution in [2.24, 2.45) is 0 Å². The number of hydrogen-bond acceptors (Lipinski definition) is 3. The first-order chi connectivity index (χ1) is 12.6. The second kappa shape index (κ2) is 15.8. The third kappa shape index (κ3) is 10.5. The van der Waals surface area contributed by atoms with E-state index in [0.717, 1.165) is 12.8 Å². The van der Waals surface area contributed by atoms with Crippen LogP contribution < -0.4 is 0 Å². The summed E-state index contributed by atoms with van der Waals surface area (Å²) in [7, 11) is 0. The summed E-state index contributed by atoms with van der Waals surface area (Å²) in [6, 6.07) is 0. The van der Waals surface area contributed by atoms with Crippen LogP contribution in [0.25, 0.3) is 0 Å². The van der Waals surface area contributed by atoms with Crippen molar-refractivity contribution >= 4 is 23.2 Å². The Hall–Kier alpha value is -1.42. The van der Waals surface area contributed by atoms with Gasteiger partial charge in [-0.3, -0.25) is 0 Å². The van der Waals surface area contributed by atoms with Gasteiger partial charge in [0.05, 0.1) is 25.7 Å². The van der Waals surface area contributed by atoms with E-state index in [0.29, 0.717) is 28.9 Å². The average molecular weight is 401 g/mol. The Bertz CT molecular complexity index is 545. The molecule has 0 radical (unpaired) electrons. The SMILES string of the molecule is C=C/C(Cl)=C(/COCC1CO/C=C/C=C(CCC)\C=C\O1)C(=C)Cl.CC. The van der Waals surface area contributed by atoms with Crippen molar-refractivity contribution < 1.29 is 14.2 Å². The van der Waals surface area contributed by atoms with Gasteiger partial charge in [-0.2, -0.15) is 0 Å². The van der Waals surface area contributed by atoms with Crippen LogP contribution in [0, 0.1) is 0 Å². The molecule has 0 aromatic rings. The first-order valence-corrected chi connectivity index (χ1v) is 9.57. The number of rotatable bonds is 8. The summed E-state index contributed by atoms with van der Waals surface area (Å²) in [5, 5.41) is 0.760. The fraction of sp³-hybridized carbons (Fsp3) is 0.429. The molecule has 146 valence electrons. The standard InChI is InChI=1S/C19H24Cl2O3.C2H6/c1-4-7-16-8-6-10-22-12-17(24-11-9-16)13-23-14-18(15(3)20)19(21)5-2;1-2/h5-6,8-11,17H,2-4,7,12-14H2,1H3;1-2H3/b10-6+,11-9+,16-8-,19-18+;. The quantitative estimate of drug-likeness (QED) is 0.427. The van der Waals surface area contributed by atoms with Crippen LogP contribution in [0.15, 0.2) is 71.2 Å². The number of ether oxygens (including phenoxy) is 3. The number of halogens is 2. The molecule has 0 N–H and O–H groups in total. The highest BCUT2D eigenvalue weighted by molar-refractivity contribution is 6.36. The van der Waals surface area contributed by atoms with Crippen LogP contribution in [0.5, 0.6) is 0 Å². The molecule has 1 atom stereocenters. The Morgan fingerprint density at radius 3 is 2.69 bits per heavy atom. The van der Waals surface area contributed by atoms with Crippen molar-refractivity contribution in [2.75, 3.05) is 19.8 Å². The van der Waals surface area contributed by atoms with Crippen molar-refractivity contribution in [3.63, 3.8) is 0 Å². The van der Waals surface area contributed by atoms with Crippen LogP contribution in [0.4, 0.5) is 0 Å². The lowest BCUT2D eigenvalue weighted by atomic mass is 10.1. The maximum atomic E-state index is 6.03. The summed E-state index contributed by atoms with van der Waals surface area (Å²) in [6.07, 6.45) is 12.5. The van der Waals surface area contributed by atoms with Crippen LogP contribution in [0.3, 0.4) is 0 Å². The molecular weight excluding hydrogens is 371 g/mol. The van der Waals surface area contributed by atoms with Gasteiger partial charge in [-0.25, -0.2) is 0 Å². The molecular formula is C21H30Cl2O3. The van der Waals surface area contributed by atoms with Gasteiger partial charge in [0.2, 0.25) is 0 Å². The molecule has 0 spiro atoms. The van der Waals surface area contributed by atoms with Crippen molar-refractivity contribution in [3.8, 4) is 0 Å². The maximum Gasteiger partial charge on any atom is 0.155 e. The molecule has 3 nitrogen and oxygen atoms in total. The fourth-order valence-corrected chi connectivity index (χ4v) is 2.32. The van der Waals surface area contributed by atoms with E-state index in [1.54, 1.807) is 12.5 Å². The van der Waals surface area contributed by atoms with Gasteiger partial charge in [0.15, 0.2) is 6.10 Å². The van der Waals surface area contributed by atoms with Crippen molar-refractivity contribution in [1.29, 1.82) is 0 Å². The zero-order valence-corrected chi connectivity index (χ0v) is 17.5. The minimum absolute atomic E-state index is 0.230. The second-order valence-electron chi connectivity index (χ2n) is 5.16. The summed E-state index contributed by atoms with van der Waals surface area (Å²) in [4.78, 5) is 0. The smallest absolute Gasteiger partial charge is 0.155 e. The molecule has 0 amide bonds. The molecule has 0 bridgehead atoms. The second-order valence-corrected chi connectivity index (χ2v) is 6.03. The third-order valence-electron chi connectivity index (χ3n) is 3.20. The van der Waals surface area contributed by atoms with Gasteiger partial charge in [-0.15, -0.1) is 0 Å². The highest BCUT2D eigenvalue weighted by atomic mass is 35.5. The lowest BCUT2D eigenvalue weighted by Crippen LogP contribution is -2.24. The molecule has 5 heteroatoms. The lowest BCUT2D eigenvalue weighted by molar-refractivity contribution is 0.0000126. The van der Waals surface area contributed by atoms with Crippen LogP contribution in [0.2, 0.25) is 0 Å². The molecule has 0 aromatic carbocycles. The fourth-order valence-electron chi connectivity index (χ4n) is 1.95. The molecule has 1 aliphatic rings. The molecule has 1 aliphatic heterocycles. The van der Waals surface area contributed by atoms with Crippen LogP contribution >= 0.6 is 23.2 Å². The normalized spacial score (nSPS) is 22.0. The first kappa shape index (κ1) is 24.6. The summed E-state index contributed by atoms with van der Waals surface area (Å²) in [5.41, 5.74) is 1.79. The molecule has 0 saturated heterocycles. The Morgan fingerprint density at radius 1 is 1.35 bits per heavy atom. The third-order valence-corrected chi connectivity index (χ3v) is 3.81. The summed E-state index contributed by atoms with van der Waals surface area (Å²) < 4.78 is 16.8. The van der Waals surface area contributed by atoms with Gasteiger partial charge in [0.25, 0.3) is 0 Å². The molecule has 1 rings (SSSR count). The van der Waals surface area contributed by atoms with Gasteiger partial charge in [-0.1, -0.05) is 75.7 Å². The van der Waals surface area contributed by atoms with Crippen LogP contribution in [-0.2, 0) is 14.2 Å². The Labute approximate surface area is 168 Å². The molecule has 0 fully saturated rings. The van der Waals surface area contributed by atoms with Gasteiger partial charge >= 0.3 is 0 Å². The molecule has 0 aromatic heterocycles. The lowest BCUT2D eigenvalue weighted by Gasteiger charge is -2.18. The van der Waals surface area contributed by atoms with Gasteiger partial charge in [-0.05, 0) is 24.1 Å². The van der Waals surface area contributed by atoms with Crippen molar-refractivity contribution in [2.45, 2.75) is 39.7 Å². The Balaban J connectivity index is 0.00000301. The zero-order chi connectivity index (χ0) is 19.8. The minimum Gasteiger partial charge on any atom is -0.497 e. The molecule has 1 heterocycles. The molecule has 26 heavy (non-hydrogen) atoms. The summed E-state index contributed by atoms with van der Waals surface area (Å²) in [5.74, 6) is 0. The first-order valence-electron chi connectivity index (χ1n) is 8.81. The van der Waals surface area contributed by atoms with Crippen LogP contribution in [0.1, 0.15) is 33.6 Å². The maximum absolute atomic E-state index is 6.03. The van der Waals surface area contributed by atoms with Gasteiger partial charge in [0.1, 0.15) is 6.61 Å². The number of hydrogen-bond donors (Lipinski definition) is 0. The Morgan fingerprint density at radius 2 is 2.08 bits per heavy atom. The van der Waals surface area contributed by atoms with E-state index in [1.165, 1.54) is 11.6 Å².